The first-order valence-corrected chi connectivity index (χ1v) is 11.4. The number of ether oxygens (including phenoxy) is 2. The molecule has 9 heteroatoms. The lowest BCUT2D eigenvalue weighted by Gasteiger charge is -2.37. The zero-order chi connectivity index (χ0) is 21.5. The monoisotopic (exact) mass is 448 g/mol. The van der Waals surface area contributed by atoms with Gasteiger partial charge >= 0.3 is 0 Å². The molecule has 2 fully saturated rings. The summed E-state index contributed by atoms with van der Waals surface area (Å²) >= 11 is 5.57. The molecule has 1 saturated carbocycles. The van der Waals surface area contributed by atoms with Gasteiger partial charge in [-0.05, 0) is 37.2 Å². The van der Waals surface area contributed by atoms with Gasteiger partial charge in [-0.3, -0.25) is 0 Å². The van der Waals surface area contributed by atoms with Gasteiger partial charge in [-0.1, -0.05) is 24.3 Å². The molecule has 0 amide bonds. The van der Waals surface area contributed by atoms with E-state index in [0.29, 0.717) is 6.04 Å². The summed E-state index contributed by atoms with van der Waals surface area (Å²) in [6.07, 6.45) is 2.46. The molecular formula is C23H24N6O2S. The first-order chi connectivity index (χ1) is 15.7. The number of fused-ring (bicyclic) bond motifs is 2. The molecule has 1 saturated heterocycles. The number of hydrogen-bond acceptors (Lipinski definition) is 7. The Hall–Kier alpha value is -3.33. The van der Waals surface area contributed by atoms with Gasteiger partial charge in [0.2, 0.25) is 6.79 Å². The molecule has 0 radical (unpaired) electrons. The van der Waals surface area contributed by atoms with Gasteiger partial charge in [-0.15, -0.1) is 10.2 Å². The molecule has 164 valence electrons. The molecule has 1 aliphatic carbocycles. The van der Waals surface area contributed by atoms with Gasteiger partial charge in [0, 0.05) is 54.7 Å². The highest BCUT2D eigenvalue weighted by molar-refractivity contribution is 7.80. The van der Waals surface area contributed by atoms with Crippen molar-refractivity contribution in [3.63, 3.8) is 0 Å². The van der Waals surface area contributed by atoms with Crippen molar-refractivity contribution >= 4 is 45.4 Å². The Balaban J connectivity index is 1.22. The van der Waals surface area contributed by atoms with Gasteiger partial charge in [0.25, 0.3) is 0 Å². The Labute approximate surface area is 191 Å². The molecule has 32 heavy (non-hydrogen) atoms. The summed E-state index contributed by atoms with van der Waals surface area (Å²) in [6, 6.07) is 14.6. The Kier molecular flexibility index (Phi) is 4.83. The summed E-state index contributed by atoms with van der Waals surface area (Å²) in [5.74, 6) is 3.12. The number of nitrogens with zero attached hydrogens (tertiary/aromatic N) is 4. The number of rotatable bonds is 4. The predicted molar refractivity (Wildman–Crippen MR) is 128 cm³/mol. The topological polar surface area (TPSA) is 74.8 Å². The van der Waals surface area contributed by atoms with E-state index in [1.807, 2.05) is 30.3 Å². The molecule has 0 atom stereocenters. The lowest BCUT2D eigenvalue weighted by Crippen LogP contribution is -2.52. The standard InChI is InChI=1S/C23H24N6O2S/c32-23(25-15-5-6-15)29-11-9-28(10-12-29)22-18-4-2-1-3-17(18)21(26-27-22)24-16-7-8-19-20(13-16)31-14-30-19/h1-4,7-8,13,15H,5-6,9-12,14H2,(H,24,26)(H,25,32). The third-order valence-electron chi connectivity index (χ3n) is 6.07. The molecule has 2 N–H and O–H groups in total. The molecule has 3 aromatic rings. The molecule has 6 rings (SSSR count). The van der Waals surface area contributed by atoms with Crippen molar-refractivity contribution in [2.75, 3.05) is 43.2 Å². The molecule has 1 aromatic heterocycles. The van der Waals surface area contributed by atoms with Crippen LogP contribution in [-0.4, -0.2) is 59.2 Å². The highest BCUT2D eigenvalue weighted by Gasteiger charge is 2.27. The van der Waals surface area contributed by atoms with E-state index in [2.05, 4.69) is 42.8 Å². The van der Waals surface area contributed by atoms with Crippen LogP contribution in [0.25, 0.3) is 10.8 Å². The number of anilines is 3. The summed E-state index contributed by atoms with van der Waals surface area (Å²) in [6.45, 7) is 3.74. The lowest BCUT2D eigenvalue weighted by atomic mass is 10.1. The Morgan fingerprint density at radius 2 is 1.72 bits per heavy atom. The average molecular weight is 449 g/mol. The van der Waals surface area contributed by atoms with Gasteiger partial charge in [-0.25, -0.2) is 0 Å². The van der Waals surface area contributed by atoms with Crippen molar-refractivity contribution in [3.05, 3.63) is 42.5 Å². The Morgan fingerprint density at radius 1 is 0.938 bits per heavy atom. The number of hydrogen-bond donors (Lipinski definition) is 2. The summed E-state index contributed by atoms with van der Waals surface area (Å²) < 4.78 is 10.9. The van der Waals surface area contributed by atoms with E-state index >= 15 is 0 Å². The maximum atomic E-state index is 5.57. The second kappa shape index (κ2) is 7.98. The number of aromatic nitrogens is 2. The van der Waals surface area contributed by atoms with E-state index in [-0.39, 0.29) is 6.79 Å². The predicted octanol–water partition coefficient (Wildman–Crippen LogP) is 3.26. The third-order valence-corrected chi connectivity index (χ3v) is 6.45. The molecule has 0 bridgehead atoms. The second-order valence-corrected chi connectivity index (χ2v) is 8.70. The highest BCUT2D eigenvalue weighted by Crippen LogP contribution is 2.36. The minimum Gasteiger partial charge on any atom is -0.454 e. The van der Waals surface area contributed by atoms with Crippen LogP contribution in [0, 0.1) is 0 Å². The fourth-order valence-corrected chi connectivity index (χ4v) is 4.49. The van der Waals surface area contributed by atoms with Gasteiger partial charge < -0.3 is 29.9 Å². The molecule has 2 aliphatic heterocycles. The fourth-order valence-electron chi connectivity index (χ4n) is 4.14. The van der Waals surface area contributed by atoms with Crippen molar-refractivity contribution < 1.29 is 9.47 Å². The van der Waals surface area contributed by atoms with Gasteiger partial charge in [0.05, 0.1) is 0 Å². The minimum atomic E-state index is 0.255. The van der Waals surface area contributed by atoms with E-state index in [0.717, 1.165) is 70.9 Å². The van der Waals surface area contributed by atoms with Crippen LogP contribution in [0.15, 0.2) is 42.5 Å². The normalized spacial score (nSPS) is 17.5. The van der Waals surface area contributed by atoms with Crippen LogP contribution >= 0.6 is 12.2 Å². The quantitative estimate of drug-likeness (QED) is 0.585. The highest BCUT2D eigenvalue weighted by atomic mass is 32.1. The van der Waals surface area contributed by atoms with Crippen molar-refractivity contribution in [2.24, 2.45) is 0 Å². The first-order valence-electron chi connectivity index (χ1n) is 11.0. The van der Waals surface area contributed by atoms with Crippen LogP contribution in [0.4, 0.5) is 17.3 Å². The van der Waals surface area contributed by atoms with Gasteiger partial charge in [0.1, 0.15) is 0 Å². The van der Waals surface area contributed by atoms with Crippen LogP contribution in [0.1, 0.15) is 12.8 Å². The first kappa shape index (κ1) is 19.4. The van der Waals surface area contributed by atoms with Crippen LogP contribution in [0.3, 0.4) is 0 Å². The smallest absolute Gasteiger partial charge is 0.231 e. The average Bonchev–Trinajstić information content (AvgIpc) is 3.52. The van der Waals surface area contributed by atoms with E-state index < -0.39 is 0 Å². The molecule has 0 unspecified atom stereocenters. The molecule has 0 spiro atoms. The van der Waals surface area contributed by atoms with Crippen LogP contribution in [0.2, 0.25) is 0 Å². The summed E-state index contributed by atoms with van der Waals surface area (Å²) in [4.78, 5) is 4.56. The number of piperazine rings is 1. The van der Waals surface area contributed by atoms with Crippen molar-refractivity contribution in [3.8, 4) is 11.5 Å². The van der Waals surface area contributed by atoms with E-state index in [1.165, 1.54) is 12.8 Å². The Bertz CT molecular complexity index is 1180. The zero-order valence-corrected chi connectivity index (χ0v) is 18.4. The van der Waals surface area contributed by atoms with Crippen molar-refractivity contribution in [2.45, 2.75) is 18.9 Å². The van der Waals surface area contributed by atoms with Crippen molar-refractivity contribution in [1.29, 1.82) is 0 Å². The Morgan fingerprint density at radius 3 is 2.53 bits per heavy atom. The largest absolute Gasteiger partial charge is 0.454 e. The molecule has 8 nitrogen and oxygen atoms in total. The molecule has 3 heterocycles. The zero-order valence-electron chi connectivity index (χ0n) is 17.6. The van der Waals surface area contributed by atoms with E-state index in [9.17, 15) is 0 Å². The van der Waals surface area contributed by atoms with Gasteiger partial charge in [-0.2, -0.15) is 0 Å². The maximum absolute atomic E-state index is 5.57. The minimum absolute atomic E-state index is 0.255. The van der Waals surface area contributed by atoms with E-state index in [1.54, 1.807) is 0 Å². The number of benzene rings is 2. The lowest BCUT2D eigenvalue weighted by molar-refractivity contribution is 0.174. The summed E-state index contributed by atoms with van der Waals surface area (Å²) in [5, 5.41) is 19.0. The van der Waals surface area contributed by atoms with Crippen LogP contribution in [-0.2, 0) is 0 Å². The maximum Gasteiger partial charge on any atom is 0.231 e. The number of nitrogens with one attached hydrogen (secondary N) is 2. The number of thiocarbonyl (C=S) groups is 1. The molecular weight excluding hydrogens is 424 g/mol. The third kappa shape index (κ3) is 3.73. The SMILES string of the molecule is S=C(NC1CC1)N1CCN(c2nnc(Nc3ccc4c(c3)OCO4)c3ccccc23)CC1. The van der Waals surface area contributed by atoms with Crippen LogP contribution in [0.5, 0.6) is 11.5 Å². The van der Waals surface area contributed by atoms with Crippen LogP contribution < -0.4 is 25.0 Å². The fraction of sp³-hybridized carbons (Fsp3) is 0.348. The second-order valence-electron chi connectivity index (χ2n) is 8.31. The summed E-state index contributed by atoms with van der Waals surface area (Å²) in [5.41, 5.74) is 0.881. The molecule has 3 aliphatic rings. The van der Waals surface area contributed by atoms with Crippen molar-refractivity contribution in [1.82, 2.24) is 20.4 Å². The molecule has 2 aromatic carbocycles. The van der Waals surface area contributed by atoms with Gasteiger partial charge in [0.15, 0.2) is 28.2 Å². The van der Waals surface area contributed by atoms with E-state index in [4.69, 9.17) is 21.7 Å². The summed E-state index contributed by atoms with van der Waals surface area (Å²) in [7, 11) is 0.